The van der Waals surface area contributed by atoms with Crippen molar-refractivity contribution in [3.05, 3.63) is 0 Å². The van der Waals surface area contributed by atoms with Gasteiger partial charge >= 0.3 is 172 Å². The minimum atomic E-state index is -5.39. The second-order valence-electron chi connectivity index (χ2n) is 0.447. The Morgan fingerprint density at radius 2 is 0.889 bits per heavy atom. The molecule has 0 heterocycles. The molecule has 0 N–H and O–H groups in total. The summed E-state index contributed by atoms with van der Waals surface area (Å²) in [6.45, 7) is 0. The molecule has 0 bridgehead atoms. The summed E-state index contributed by atoms with van der Waals surface area (Å²) < 4.78 is 8.55. The standard InChI is InChI=1S/AsH3.3K.H3O4P/c;;;;1-5(2,3)4/h1H3;;;;(H3,1,2,3,4)/q;3*+1;/p-3. The number of hydrogen-bond acceptors (Lipinski definition) is 4. The van der Waals surface area contributed by atoms with Crippen LogP contribution < -0.4 is 169 Å². The van der Waals surface area contributed by atoms with Crippen LogP contribution in [-0.2, 0) is 4.57 Å². The van der Waals surface area contributed by atoms with Gasteiger partial charge in [-0.25, -0.2) is 0 Å². The molecule has 0 spiro atoms. The van der Waals surface area contributed by atoms with E-state index in [1.54, 1.807) is 0 Å². The van der Waals surface area contributed by atoms with Gasteiger partial charge in [0.05, 0.1) is 0 Å². The van der Waals surface area contributed by atoms with Crippen molar-refractivity contribution < 1.29 is 173 Å². The van der Waals surface area contributed by atoms with Gasteiger partial charge in [-0.1, -0.05) is 0 Å². The monoisotopic (exact) mass is 290 g/mol. The third kappa shape index (κ3) is 58.5. The van der Waals surface area contributed by atoms with Gasteiger partial charge < -0.3 is 19.2 Å². The average Bonchev–Trinajstić information content (AvgIpc) is 0.722. The zero-order chi connectivity index (χ0) is 4.50. The van der Waals surface area contributed by atoms with E-state index in [1.165, 1.54) is 0 Å². The van der Waals surface area contributed by atoms with E-state index in [0.717, 1.165) is 0 Å². The first-order valence-electron chi connectivity index (χ1n) is 0.730. The van der Waals surface area contributed by atoms with Crippen LogP contribution in [0.25, 0.3) is 0 Å². The van der Waals surface area contributed by atoms with Crippen LogP contribution in [0.4, 0.5) is 0 Å². The molecule has 0 saturated carbocycles. The normalized spacial score (nSPS) is 6.56. The van der Waals surface area contributed by atoms with Crippen LogP contribution in [0.3, 0.4) is 0 Å². The van der Waals surface area contributed by atoms with Crippen molar-refractivity contribution in [2.75, 3.05) is 0 Å². The molecule has 0 rings (SSSR count). The van der Waals surface area contributed by atoms with E-state index in [9.17, 15) is 0 Å². The Kier molecular flexibility index (Phi) is 52.2. The fourth-order valence-corrected chi connectivity index (χ4v) is 0. The molecule has 40 valence electrons. The quantitative estimate of drug-likeness (QED) is 0.327. The molecule has 9 heteroatoms. The van der Waals surface area contributed by atoms with Gasteiger partial charge in [0.2, 0.25) is 0 Å². The maximum absolute atomic E-state index is 8.55. The fourth-order valence-electron chi connectivity index (χ4n) is 0. The Morgan fingerprint density at radius 3 is 0.889 bits per heavy atom. The smallest absolute Gasteiger partial charge is 1.00 e. The van der Waals surface area contributed by atoms with Crippen LogP contribution in [0.2, 0.25) is 0 Å². The van der Waals surface area contributed by atoms with Gasteiger partial charge in [-0.05, 0) is 0 Å². The number of rotatable bonds is 0. The van der Waals surface area contributed by atoms with Crippen LogP contribution in [0, 0.1) is 0 Å². The first-order valence-corrected chi connectivity index (χ1v) is 2.19. The van der Waals surface area contributed by atoms with Crippen molar-refractivity contribution in [1.29, 1.82) is 0 Å². The van der Waals surface area contributed by atoms with E-state index < -0.39 is 7.82 Å². The van der Waals surface area contributed by atoms with Crippen LogP contribution in [0.1, 0.15) is 0 Å². The van der Waals surface area contributed by atoms with Crippen LogP contribution in [0.5, 0.6) is 0 Å². The summed E-state index contributed by atoms with van der Waals surface area (Å²) in [6, 6.07) is 0. The van der Waals surface area contributed by atoms with Gasteiger partial charge in [-0.3, -0.25) is 0 Å². The minimum Gasteiger partial charge on any atom is 1.00 e. The molecule has 9 heavy (non-hydrogen) atoms. The Balaban J connectivity index is -0.0000000133. The van der Waals surface area contributed by atoms with E-state index in [4.69, 9.17) is 19.2 Å². The molecule has 0 fully saturated rings. The van der Waals surface area contributed by atoms with Crippen molar-refractivity contribution in [2.45, 2.75) is 0 Å². The molecule has 1 unspecified atom stereocenters. The van der Waals surface area contributed by atoms with E-state index >= 15 is 0 Å². The summed E-state index contributed by atoms with van der Waals surface area (Å²) in [6.07, 6.45) is 0. The van der Waals surface area contributed by atoms with Crippen molar-refractivity contribution in [2.24, 2.45) is 0 Å². The number of phosphoric acid groups is 1. The number of hydrogen-bond donors (Lipinski definition) is 0. The first-order chi connectivity index (χ1) is 2.00. The Morgan fingerprint density at radius 1 is 0.889 bits per heavy atom. The molecule has 0 aliphatic rings. The van der Waals surface area contributed by atoms with Crippen molar-refractivity contribution in [1.82, 2.24) is 0 Å². The maximum atomic E-state index is 8.55. The molecule has 0 aromatic carbocycles. The molecular weight excluding hydrogens is 287 g/mol. The van der Waals surface area contributed by atoms with E-state index in [-0.39, 0.29) is 172 Å². The molecule has 4 nitrogen and oxygen atoms in total. The average molecular weight is 290 g/mol. The Labute approximate surface area is 193 Å². The molecule has 1 atom stereocenters. The van der Waals surface area contributed by atoms with Crippen molar-refractivity contribution >= 4 is 25.8 Å². The zero-order valence-electron chi connectivity index (χ0n) is 5.79. The molecule has 0 aliphatic heterocycles. The van der Waals surface area contributed by atoms with E-state index in [2.05, 4.69) is 0 Å². The largest absolute Gasteiger partial charge is 1.00 e. The summed E-state index contributed by atoms with van der Waals surface area (Å²) >= 11 is 0. The zero-order valence-corrected chi connectivity index (χ0v) is 19.0. The van der Waals surface area contributed by atoms with Crippen LogP contribution >= 0.6 is 7.82 Å². The van der Waals surface area contributed by atoms with Gasteiger partial charge in [0.1, 0.15) is 0 Å². The fraction of sp³-hybridized carbons (Fsp3) is 0. The third-order valence-corrected chi connectivity index (χ3v) is 0. The second-order valence-corrected chi connectivity index (χ2v) is 1.34. The molecule has 0 aromatic heterocycles. The molecule has 0 radical (unpaired) electrons. The molecule has 0 aliphatic carbocycles. The Bertz CT molecular complexity index is 61.9. The van der Waals surface area contributed by atoms with Gasteiger partial charge in [-0.2, -0.15) is 7.82 Å². The van der Waals surface area contributed by atoms with E-state index in [0.29, 0.717) is 0 Å². The molecule has 0 aromatic rings. The Hall–Kier alpha value is 5.58. The SMILES string of the molecule is O=P([O-])([O-])[O-].[AsH3].[K+].[K+].[K+]. The predicted octanol–water partition coefficient (Wildman–Crippen LogP) is -13.0. The van der Waals surface area contributed by atoms with Crippen LogP contribution in [0.15, 0.2) is 0 Å². The summed E-state index contributed by atoms with van der Waals surface area (Å²) in [7, 11) is -5.39. The summed E-state index contributed by atoms with van der Waals surface area (Å²) in [5, 5.41) is 0. The minimum absolute atomic E-state index is 0. The first kappa shape index (κ1) is 29.3. The predicted molar refractivity (Wildman–Crippen MR) is 17.5 cm³/mol. The topological polar surface area (TPSA) is 86.2 Å². The van der Waals surface area contributed by atoms with Crippen molar-refractivity contribution in [3.63, 3.8) is 0 Å². The molecule has 0 saturated heterocycles. The third-order valence-electron chi connectivity index (χ3n) is 0. The van der Waals surface area contributed by atoms with Gasteiger partial charge in [0, 0.05) is 0 Å². The van der Waals surface area contributed by atoms with E-state index in [1.807, 2.05) is 0 Å². The summed E-state index contributed by atoms with van der Waals surface area (Å²) in [4.78, 5) is 25.6. The molecular formula is H3AsK3O4P. The molecule has 0 amide bonds. The van der Waals surface area contributed by atoms with Gasteiger partial charge in [0.15, 0.2) is 0 Å². The van der Waals surface area contributed by atoms with Gasteiger partial charge in [-0.15, -0.1) is 0 Å². The van der Waals surface area contributed by atoms with Crippen molar-refractivity contribution in [3.8, 4) is 0 Å². The summed E-state index contributed by atoms with van der Waals surface area (Å²) in [5.41, 5.74) is 0. The second kappa shape index (κ2) is 16.0. The summed E-state index contributed by atoms with van der Waals surface area (Å²) in [5.74, 6) is 0. The maximum Gasteiger partial charge on any atom is 1.00 e. The van der Waals surface area contributed by atoms with Crippen LogP contribution in [-0.4, -0.2) is 18.0 Å². The van der Waals surface area contributed by atoms with Gasteiger partial charge in [0.25, 0.3) is 0 Å².